The molecule has 2 aromatic rings. The van der Waals surface area contributed by atoms with E-state index >= 15 is 0 Å². The maximum Gasteiger partial charge on any atom is 0.211 e. The monoisotopic (exact) mass is 490 g/mol. The zero-order chi connectivity index (χ0) is 23.1. The zero-order valence-electron chi connectivity index (χ0n) is 19.2. The van der Waals surface area contributed by atoms with Gasteiger partial charge >= 0.3 is 0 Å². The summed E-state index contributed by atoms with van der Waals surface area (Å²) in [5.74, 6) is 0.266. The fourth-order valence-corrected chi connectivity index (χ4v) is 6.06. The van der Waals surface area contributed by atoms with Crippen LogP contribution in [0.5, 0.6) is 0 Å². The van der Waals surface area contributed by atoms with E-state index in [-0.39, 0.29) is 17.8 Å². The molecule has 1 aliphatic carbocycles. The van der Waals surface area contributed by atoms with Gasteiger partial charge < -0.3 is 4.90 Å². The summed E-state index contributed by atoms with van der Waals surface area (Å²) >= 11 is 6.12. The van der Waals surface area contributed by atoms with Gasteiger partial charge in [-0.05, 0) is 62.1 Å². The van der Waals surface area contributed by atoms with Crippen LogP contribution in [0.3, 0.4) is 0 Å². The highest BCUT2D eigenvalue weighted by atomic mass is 35.5. The van der Waals surface area contributed by atoms with E-state index in [0.717, 1.165) is 82.0 Å². The molecular formula is C25H35ClN4O2S. The van der Waals surface area contributed by atoms with E-state index < -0.39 is 10.0 Å². The number of piperazine rings is 1. The molecule has 8 heteroatoms. The van der Waals surface area contributed by atoms with Gasteiger partial charge in [0.15, 0.2) is 0 Å². The number of nitrogens with one attached hydrogen (secondary N) is 1. The first-order chi connectivity index (χ1) is 16.0. The van der Waals surface area contributed by atoms with Crippen molar-refractivity contribution in [2.45, 2.75) is 50.6 Å². The van der Waals surface area contributed by atoms with Gasteiger partial charge in [-0.1, -0.05) is 42.6 Å². The van der Waals surface area contributed by atoms with Crippen molar-refractivity contribution in [3.8, 4) is 0 Å². The van der Waals surface area contributed by atoms with Crippen molar-refractivity contribution in [2.24, 2.45) is 0 Å². The van der Waals surface area contributed by atoms with Crippen LogP contribution in [0, 0.1) is 0 Å². The third kappa shape index (κ3) is 7.76. The third-order valence-corrected chi connectivity index (χ3v) is 8.26. The summed E-state index contributed by atoms with van der Waals surface area (Å²) in [6, 6.07) is 14.6. The SMILES string of the molecule is O=S(=O)(CCCCCCN1CCN(C(c2ccc(Cl)cc2)c2ccccn2)CC1)NC1CC1. The van der Waals surface area contributed by atoms with Crippen molar-refractivity contribution >= 4 is 21.6 Å². The summed E-state index contributed by atoms with van der Waals surface area (Å²) in [7, 11) is -3.07. The van der Waals surface area contributed by atoms with Crippen LogP contribution >= 0.6 is 11.6 Å². The van der Waals surface area contributed by atoms with Crippen LogP contribution in [-0.4, -0.2) is 67.7 Å². The highest BCUT2D eigenvalue weighted by Gasteiger charge is 2.28. The van der Waals surface area contributed by atoms with Gasteiger partial charge in [0.2, 0.25) is 10.0 Å². The third-order valence-electron chi connectivity index (χ3n) is 6.49. The Balaban J connectivity index is 1.20. The van der Waals surface area contributed by atoms with Crippen LogP contribution in [0.2, 0.25) is 5.02 Å². The smallest absolute Gasteiger partial charge is 0.211 e. The molecule has 1 saturated heterocycles. The number of nitrogens with zero attached hydrogens (tertiary/aromatic N) is 3. The van der Waals surface area contributed by atoms with E-state index in [9.17, 15) is 8.42 Å². The molecule has 1 aliphatic heterocycles. The molecule has 1 aromatic heterocycles. The van der Waals surface area contributed by atoms with Crippen LogP contribution in [0.4, 0.5) is 0 Å². The first-order valence-electron chi connectivity index (χ1n) is 12.1. The van der Waals surface area contributed by atoms with Crippen molar-refractivity contribution in [1.29, 1.82) is 0 Å². The van der Waals surface area contributed by atoms with Gasteiger partial charge in [0.25, 0.3) is 0 Å². The number of sulfonamides is 1. The Kier molecular flexibility index (Phi) is 8.77. The highest BCUT2D eigenvalue weighted by Crippen LogP contribution is 2.29. The molecule has 6 nitrogen and oxygen atoms in total. The maximum atomic E-state index is 11.9. The second-order valence-corrected chi connectivity index (χ2v) is 11.5. The van der Waals surface area contributed by atoms with E-state index in [2.05, 4.69) is 43.8 Å². The quantitative estimate of drug-likeness (QED) is 0.454. The number of pyridine rings is 1. The molecule has 0 radical (unpaired) electrons. The minimum atomic E-state index is -3.07. The zero-order valence-corrected chi connectivity index (χ0v) is 20.8. The van der Waals surface area contributed by atoms with E-state index in [1.54, 1.807) is 0 Å². The number of halogens is 1. The number of benzene rings is 1. The lowest BCUT2D eigenvalue weighted by atomic mass is 10.0. The Labute approximate surface area is 203 Å². The van der Waals surface area contributed by atoms with Gasteiger partial charge in [0.1, 0.15) is 0 Å². The van der Waals surface area contributed by atoms with Crippen molar-refractivity contribution in [2.75, 3.05) is 38.5 Å². The number of unbranched alkanes of at least 4 members (excludes halogenated alkanes) is 3. The van der Waals surface area contributed by atoms with Crippen LogP contribution in [0.15, 0.2) is 48.7 Å². The molecular weight excluding hydrogens is 456 g/mol. The lowest BCUT2D eigenvalue weighted by Gasteiger charge is -2.39. The molecule has 1 unspecified atom stereocenters. The average molecular weight is 491 g/mol. The largest absolute Gasteiger partial charge is 0.301 e. The van der Waals surface area contributed by atoms with Crippen LogP contribution in [0.1, 0.15) is 55.8 Å². The Morgan fingerprint density at radius 2 is 1.70 bits per heavy atom. The summed E-state index contributed by atoms with van der Waals surface area (Å²) in [6.45, 7) is 5.15. The van der Waals surface area contributed by atoms with E-state index in [4.69, 9.17) is 11.6 Å². The van der Waals surface area contributed by atoms with Gasteiger partial charge in [0.05, 0.1) is 17.5 Å². The molecule has 33 heavy (non-hydrogen) atoms. The standard InChI is InChI=1S/C25H35ClN4O2S/c26-22-10-8-21(9-11-22)25(24-7-3-4-14-27-24)30-18-16-29(17-19-30)15-5-1-2-6-20-33(31,32)28-23-12-13-23/h3-4,7-11,14,23,25,28H,1-2,5-6,12-13,15-20H2. The molecule has 0 bridgehead atoms. The molecule has 4 rings (SSSR count). The fourth-order valence-electron chi connectivity index (χ4n) is 4.49. The molecule has 180 valence electrons. The van der Waals surface area contributed by atoms with Crippen molar-refractivity contribution in [3.63, 3.8) is 0 Å². The summed E-state index contributed by atoms with van der Waals surface area (Å²) in [5.41, 5.74) is 2.29. The summed E-state index contributed by atoms with van der Waals surface area (Å²) in [6.07, 6.45) is 7.79. The molecule has 1 N–H and O–H groups in total. The summed E-state index contributed by atoms with van der Waals surface area (Å²) in [4.78, 5) is 9.69. The van der Waals surface area contributed by atoms with Crippen molar-refractivity contribution in [3.05, 3.63) is 64.9 Å². The first kappa shape index (κ1) is 24.6. The average Bonchev–Trinajstić information content (AvgIpc) is 3.62. The fraction of sp³-hybridized carbons (Fsp3) is 0.560. The molecule has 1 saturated carbocycles. The summed E-state index contributed by atoms with van der Waals surface area (Å²) in [5, 5.41) is 0.750. The Morgan fingerprint density at radius 1 is 0.970 bits per heavy atom. The Hall–Kier alpha value is -1.51. The second-order valence-electron chi connectivity index (χ2n) is 9.21. The molecule has 1 aromatic carbocycles. The first-order valence-corrected chi connectivity index (χ1v) is 14.2. The lowest BCUT2D eigenvalue weighted by molar-refractivity contribution is 0.107. The number of hydrogen-bond donors (Lipinski definition) is 1. The van der Waals surface area contributed by atoms with Gasteiger partial charge in [-0.3, -0.25) is 9.88 Å². The van der Waals surface area contributed by atoms with E-state index in [1.165, 1.54) is 5.56 Å². The Morgan fingerprint density at radius 3 is 2.36 bits per heavy atom. The van der Waals surface area contributed by atoms with Crippen molar-refractivity contribution < 1.29 is 8.42 Å². The lowest BCUT2D eigenvalue weighted by Crippen LogP contribution is -2.48. The van der Waals surface area contributed by atoms with Gasteiger partial charge in [-0.25, -0.2) is 13.1 Å². The molecule has 2 aliphatic rings. The van der Waals surface area contributed by atoms with Crippen LogP contribution < -0.4 is 4.72 Å². The number of rotatable bonds is 12. The number of aromatic nitrogens is 1. The van der Waals surface area contributed by atoms with Crippen molar-refractivity contribution in [1.82, 2.24) is 19.5 Å². The second kappa shape index (κ2) is 11.8. The molecule has 0 spiro atoms. The molecule has 1 atom stereocenters. The summed E-state index contributed by atoms with van der Waals surface area (Å²) < 4.78 is 26.6. The van der Waals surface area contributed by atoms with Crippen LogP contribution in [0.25, 0.3) is 0 Å². The minimum Gasteiger partial charge on any atom is -0.301 e. The minimum absolute atomic E-state index is 0.136. The highest BCUT2D eigenvalue weighted by molar-refractivity contribution is 7.89. The van der Waals surface area contributed by atoms with Crippen LogP contribution in [-0.2, 0) is 10.0 Å². The van der Waals surface area contributed by atoms with Gasteiger partial charge in [-0.15, -0.1) is 0 Å². The normalized spacial score (nSPS) is 18.9. The maximum absolute atomic E-state index is 11.9. The molecule has 2 heterocycles. The van der Waals surface area contributed by atoms with E-state index in [1.807, 2.05) is 24.4 Å². The predicted molar refractivity (Wildman–Crippen MR) is 134 cm³/mol. The predicted octanol–water partition coefficient (Wildman–Crippen LogP) is 4.08. The number of hydrogen-bond acceptors (Lipinski definition) is 5. The Bertz CT molecular complexity index is 960. The molecule has 0 amide bonds. The molecule has 2 fully saturated rings. The topological polar surface area (TPSA) is 65.5 Å². The van der Waals surface area contributed by atoms with E-state index in [0.29, 0.717) is 0 Å². The van der Waals surface area contributed by atoms with Gasteiger partial charge in [-0.2, -0.15) is 0 Å². The van der Waals surface area contributed by atoms with Gasteiger partial charge in [0, 0.05) is 43.4 Å².